The van der Waals surface area contributed by atoms with Crippen LogP contribution in [0, 0.1) is 0 Å². The summed E-state index contributed by atoms with van der Waals surface area (Å²) in [6, 6.07) is 8.55. The van der Waals surface area contributed by atoms with Crippen LogP contribution >= 0.6 is 0 Å². The summed E-state index contributed by atoms with van der Waals surface area (Å²) in [5.74, 6) is 0.419. The lowest BCUT2D eigenvalue weighted by molar-refractivity contribution is 0.0694. The van der Waals surface area contributed by atoms with Gasteiger partial charge in [-0.3, -0.25) is 4.79 Å². The number of amides is 1. The van der Waals surface area contributed by atoms with Crippen molar-refractivity contribution < 1.29 is 27.9 Å². The van der Waals surface area contributed by atoms with Crippen molar-refractivity contribution >= 4 is 39.4 Å². The van der Waals surface area contributed by atoms with Crippen LogP contribution < -0.4 is 14.5 Å². The van der Waals surface area contributed by atoms with Crippen LogP contribution in [0.15, 0.2) is 42.7 Å². The Labute approximate surface area is 239 Å². The third-order valence-electron chi connectivity index (χ3n) is 7.41. The second-order valence-electron chi connectivity index (χ2n) is 10.0. The molecular formula is C28H32N6O6S. The van der Waals surface area contributed by atoms with Crippen LogP contribution in [0.1, 0.15) is 44.3 Å². The highest BCUT2D eigenvalue weighted by molar-refractivity contribution is 7.86. The minimum atomic E-state index is -3.71. The summed E-state index contributed by atoms with van der Waals surface area (Å²) in [5, 5.41) is 9.74. The Balaban J connectivity index is 1.37. The number of hydrogen-bond acceptors (Lipinski definition) is 8. The van der Waals surface area contributed by atoms with Crippen molar-refractivity contribution in [2.24, 2.45) is 0 Å². The fourth-order valence-electron chi connectivity index (χ4n) is 5.22. The normalized spacial score (nSPS) is 15.3. The van der Waals surface area contributed by atoms with E-state index in [1.807, 2.05) is 24.0 Å². The Kier molecular flexibility index (Phi) is 7.68. The van der Waals surface area contributed by atoms with E-state index >= 15 is 0 Å². The predicted molar refractivity (Wildman–Crippen MR) is 153 cm³/mol. The molecule has 12 nitrogen and oxygen atoms in total. The quantitative estimate of drug-likeness (QED) is 0.426. The van der Waals surface area contributed by atoms with Crippen molar-refractivity contribution in [1.29, 1.82) is 0 Å². The first kappa shape index (κ1) is 28.5. The number of fused-ring (bicyclic) bond motifs is 3. The van der Waals surface area contributed by atoms with Gasteiger partial charge >= 0.3 is 5.97 Å². The molecule has 2 aromatic heterocycles. The summed E-state index contributed by atoms with van der Waals surface area (Å²) in [6.07, 6.45) is 4.18. The van der Waals surface area contributed by atoms with Crippen molar-refractivity contribution in [3.05, 3.63) is 70.5 Å². The summed E-state index contributed by atoms with van der Waals surface area (Å²) < 4.78 is 33.9. The number of anilines is 3. The smallest absolute Gasteiger partial charge is 0.336 e. The molecule has 0 radical (unpaired) electrons. The molecule has 2 aliphatic rings. The summed E-state index contributed by atoms with van der Waals surface area (Å²) in [7, 11) is 0.904. The van der Waals surface area contributed by atoms with Gasteiger partial charge in [0.25, 0.3) is 16.1 Å². The topological polar surface area (TPSA) is 136 Å². The summed E-state index contributed by atoms with van der Waals surface area (Å²) >= 11 is 0. The van der Waals surface area contributed by atoms with Gasteiger partial charge in [-0.2, -0.15) is 17.0 Å². The molecular weight excluding hydrogens is 548 g/mol. The fraction of sp³-hybridized carbons (Fsp3) is 0.357. The molecule has 0 spiro atoms. The van der Waals surface area contributed by atoms with E-state index in [9.17, 15) is 23.1 Å². The standard InChI is InChI=1S/C28H32N6O6S/c1-5-34-25-21(27(35)32(4)23-7-6-12-29-26(23)34)15-18(16-30-25)11-14-40-24-9-8-20(28(36)37)22-17-33(13-10-19(22)24)41(38,39)31(2)3/h6-9,12,15-16H,5,10-11,13-14,17H2,1-4H3,(H,36,37). The Hall–Kier alpha value is -4.07. The van der Waals surface area contributed by atoms with E-state index in [-0.39, 0.29) is 31.2 Å². The van der Waals surface area contributed by atoms with Crippen molar-refractivity contribution in [1.82, 2.24) is 18.6 Å². The monoisotopic (exact) mass is 580 g/mol. The predicted octanol–water partition coefficient (Wildman–Crippen LogP) is 2.71. The first-order valence-corrected chi connectivity index (χ1v) is 14.6. The third-order valence-corrected chi connectivity index (χ3v) is 9.30. The van der Waals surface area contributed by atoms with Crippen LogP contribution in [0.2, 0.25) is 0 Å². The number of carboxylic acid groups (broad SMARTS) is 1. The minimum absolute atomic E-state index is 0.0514. The summed E-state index contributed by atoms with van der Waals surface area (Å²) in [5.41, 5.74) is 3.15. The van der Waals surface area contributed by atoms with E-state index in [1.54, 1.807) is 36.5 Å². The molecule has 3 aromatic rings. The van der Waals surface area contributed by atoms with Crippen LogP contribution in [-0.4, -0.2) is 84.8 Å². The molecule has 5 rings (SSSR count). The Bertz CT molecular complexity index is 1630. The average molecular weight is 581 g/mol. The highest BCUT2D eigenvalue weighted by atomic mass is 32.2. The molecule has 0 atom stereocenters. The number of aromatic carboxylic acids is 1. The number of carboxylic acids is 1. The van der Waals surface area contributed by atoms with Gasteiger partial charge < -0.3 is 19.6 Å². The molecule has 0 unspecified atom stereocenters. The lowest BCUT2D eigenvalue weighted by Gasteiger charge is -2.31. The highest BCUT2D eigenvalue weighted by Gasteiger charge is 2.33. The van der Waals surface area contributed by atoms with Gasteiger partial charge in [-0.1, -0.05) is 0 Å². The molecule has 216 valence electrons. The zero-order valence-corrected chi connectivity index (χ0v) is 24.2. The summed E-state index contributed by atoms with van der Waals surface area (Å²) in [6.45, 7) is 2.97. The maximum absolute atomic E-state index is 13.4. The van der Waals surface area contributed by atoms with Gasteiger partial charge in [0, 0.05) is 65.2 Å². The number of pyridine rings is 2. The third kappa shape index (κ3) is 5.11. The molecule has 4 heterocycles. The molecule has 1 N–H and O–H groups in total. The minimum Gasteiger partial charge on any atom is -0.493 e. The van der Waals surface area contributed by atoms with Crippen LogP contribution in [-0.2, 0) is 29.6 Å². The van der Waals surface area contributed by atoms with Crippen molar-refractivity contribution in [3.8, 4) is 5.75 Å². The second-order valence-corrected chi connectivity index (χ2v) is 12.2. The molecule has 0 saturated carbocycles. The lowest BCUT2D eigenvalue weighted by atomic mass is 9.95. The van der Waals surface area contributed by atoms with E-state index in [2.05, 4.69) is 9.97 Å². The number of aromatic nitrogens is 2. The maximum atomic E-state index is 13.4. The van der Waals surface area contributed by atoms with E-state index in [0.29, 0.717) is 59.1 Å². The summed E-state index contributed by atoms with van der Waals surface area (Å²) in [4.78, 5) is 37.9. The fourth-order valence-corrected chi connectivity index (χ4v) is 6.29. The van der Waals surface area contributed by atoms with E-state index in [0.717, 1.165) is 9.87 Å². The van der Waals surface area contributed by atoms with Gasteiger partial charge in [0.05, 0.1) is 23.4 Å². The van der Waals surface area contributed by atoms with E-state index in [4.69, 9.17) is 4.74 Å². The second kappa shape index (κ2) is 11.1. The van der Waals surface area contributed by atoms with Crippen LogP contribution in [0.3, 0.4) is 0 Å². The van der Waals surface area contributed by atoms with Gasteiger partial charge in [0.1, 0.15) is 11.6 Å². The number of ether oxygens (including phenoxy) is 1. The highest BCUT2D eigenvalue weighted by Crippen LogP contribution is 2.37. The average Bonchev–Trinajstić information content (AvgIpc) is 3.05. The molecule has 0 saturated heterocycles. The Morgan fingerprint density at radius 3 is 2.63 bits per heavy atom. The number of carbonyl (C=O) groups excluding carboxylic acids is 1. The lowest BCUT2D eigenvalue weighted by Crippen LogP contribution is -2.43. The first-order chi connectivity index (χ1) is 19.5. The Morgan fingerprint density at radius 1 is 1.15 bits per heavy atom. The SMILES string of the molecule is CCN1c2ncc(CCOc3ccc(C(=O)O)c4c3CCN(S(=O)(=O)N(C)C)C4)cc2C(=O)N(C)c2cccnc21. The molecule has 0 bridgehead atoms. The molecule has 1 amide bonds. The van der Waals surface area contributed by atoms with Gasteiger partial charge in [-0.25, -0.2) is 14.8 Å². The number of hydrogen-bond donors (Lipinski definition) is 1. The zero-order chi connectivity index (χ0) is 29.5. The van der Waals surface area contributed by atoms with Crippen LogP contribution in [0.5, 0.6) is 5.75 Å². The van der Waals surface area contributed by atoms with E-state index < -0.39 is 16.2 Å². The first-order valence-electron chi connectivity index (χ1n) is 13.2. The van der Waals surface area contributed by atoms with Gasteiger partial charge in [-0.15, -0.1) is 0 Å². The number of nitrogens with zero attached hydrogens (tertiary/aromatic N) is 6. The zero-order valence-electron chi connectivity index (χ0n) is 23.4. The molecule has 0 fully saturated rings. The largest absolute Gasteiger partial charge is 0.493 e. The van der Waals surface area contributed by atoms with Crippen molar-refractivity contribution in [2.45, 2.75) is 26.3 Å². The molecule has 1 aromatic carbocycles. The van der Waals surface area contributed by atoms with Crippen molar-refractivity contribution in [3.63, 3.8) is 0 Å². The molecule has 0 aliphatic carbocycles. The number of carbonyl (C=O) groups is 2. The number of benzene rings is 1. The maximum Gasteiger partial charge on any atom is 0.336 e. The van der Waals surface area contributed by atoms with Gasteiger partial charge in [0.15, 0.2) is 5.82 Å². The van der Waals surface area contributed by atoms with Crippen molar-refractivity contribution in [2.75, 3.05) is 50.6 Å². The van der Waals surface area contributed by atoms with Crippen LogP contribution in [0.25, 0.3) is 0 Å². The van der Waals surface area contributed by atoms with E-state index in [1.165, 1.54) is 24.5 Å². The molecule has 41 heavy (non-hydrogen) atoms. The van der Waals surface area contributed by atoms with Gasteiger partial charge in [0.2, 0.25) is 0 Å². The molecule has 13 heteroatoms. The number of rotatable bonds is 8. The van der Waals surface area contributed by atoms with Crippen LogP contribution in [0.4, 0.5) is 17.3 Å². The molecule has 2 aliphatic heterocycles. The van der Waals surface area contributed by atoms with Gasteiger partial charge in [-0.05, 0) is 54.8 Å². The Morgan fingerprint density at radius 2 is 1.93 bits per heavy atom.